The van der Waals surface area contributed by atoms with Gasteiger partial charge in [0.1, 0.15) is 42.8 Å². The molecule has 38 heavy (non-hydrogen) atoms. The van der Waals surface area contributed by atoms with E-state index in [1.807, 2.05) is 30.3 Å². The highest BCUT2D eigenvalue weighted by atomic mass is 16.6. The fraction of sp³-hybridized carbons (Fsp3) is 0.258. The molecule has 6 rings (SSSR count). The average molecular weight is 512 g/mol. The summed E-state index contributed by atoms with van der Waals surface area (Å²) >= 11 is 0. The molecule has 0 bridgehead atoms. The number of hydrogen-bond donors (Lipinski definition) is 1. The highest BCUT2D eigenvalue weighted by Crippen LogP contribution is 2.45. The number of aryl methyl sites for hydroxylation is 2. The van der Waals surface area contributed by atoms with Crippen molar-refractivity contribution in [2.75, 3.05) is 18.5 Å². The van der Waals surface area contributed by atoms with Gasteiger partial charge < -0.3 is 28.7 Å². The molecule has 7 heteroatoms. The normalized spacial score (nSPS) is 17.2. The fourth-order valence-electron chi connectivity index (χ4n) is 5.31. The molecule has 1 N–H and O–H groups in total. The molecule has 0 amide bonds. The summed E-state index contributed by atoms with van der Waals surface area (Å²) < 4.78 is 28.7. The first kappa shape index (κ1) is 24.0. The van der Waals surface area contributed by atoms with E-state index in [9.17, 15) is 4.79 Å². The average Bonchev–Trinajstić information content (AvgIpc) is 3.64. The highest BCUT2D eigenvalue weighted by molar-refractivity contribution is 5.79. The molecule has 0 unspecified atom stereocenters. The van der Waals surface area contributed by atoms with Crippen LogP contribution in [0.3, 0.4) is 0 Å². The number of fused-ring (bicyclic) bond motifs is 2. The van der Waals surface area contributed by atoms with Gasteiger partial charge in [-0.3, -0.25) is 4.79 Å². The largest absolute Gasteiger partial charge is 0.490 e. The summed E-state index contributed by atoms with van der Waals surface area (Å²) in [4.78, 5) is 11.4. The highest BCUT2D eigenvalue weighted by Gasteiger charge is 2.30. The Kier molecular flexibility index (Phi) is 6.19. The summed E-state index contributed by atoms with van der Waals surface area (Å²) in [5, 5.41) is 3.59. The lowest BCUT2D eigenvalue weighted by Crippen LogP contribution is -2.12. The van der Waals surface area contributed by atoms with Crippen LogP contribution >= 0.6 is 0 Å². The van der Waals surface area contributed by atoms with Crippen LogP contribution in [0.25, 0.3) is 11.1 Å². The predicted molar refractivity (Wildman–Crippen MR) is 143 cm³/mol. The third-order valence-corrected chi connectivity index (χ3v) is 6.95. The molecule has 2 aliphatic heterocycles. The molecular weight excluding hydrogens is 482 g/mol. The second-order valence-electron chi connectivity index (χ2n) is 9.69. The van der Waals surface area contributed by atoms with Gasteiger partial charge in [0.05, 0.1) is 12.3 Å². The Labute approximate surface area is 221 Å². The molecule has 0 aliphatic carbocycles. The van der Waals surface area contributed by atoms with E-state index in [2.05, 4.69) is 49.5 Å². The van der Waals surface area contributed by atoms with Crippen LogP contribution in [0.5, 0.6) is 17.2 Å². The number of nitrogens with one attached hydrogen (secondary N) is 1. The lowest BCUT2D eigenvalue weighted by Gasteiger charge is -2.17. The van der Waals surface area contributed by atoms with Gasteiger partial charge in [0, 0.05) is 35.4 Å². The number of esters is 1. The molecule has 0 spiro atoms. The maximum absolute atomic E-state index is 11.4. The van der Waals surface area contributed by atoms with Crippen LogP contribution in [-0.2, 0) is 16.1 Å². The molecule has 0 saturated carbocycles. The molecular formula is C31H29NO6. The first-order chi connectivity index (χ1) is 18.5. The maximum Gasteiger partial charge on any atom is 0.303 e. The number of anilines is 1. The maximum atomic E-state index is 11.4. The smallest absolute Gasteiger partial charge is 0.303 e. The van der Waals surface area contributed by atoms with Crippen LogP contribution in [0.15, 0.2) is 71.3 Å². The van der Waals surface area contributed by atoms with Crippen LogP contribution in [0.1, 0.15) is 47.1 Å². The molecule has 1 aromatic heterocycles. The lowest BCUT2D eigenvalue weighted by atomic mass is 9.92. The molecule has 7 nitrogen and oxygen atoms in total. The molecule has 3 heterocycles. The van der Waals surface area contributed by atoms with Crippen molar-refractivity contribution in [3.63, 3.8) is 0 Å². The number of ether oxygens (including phenoxy) is 4. The van der Waals surface area contributed by atoms with E-state index in [4.69, 9.17) is 23.4 Å². The van der Waals surface area contributed by atoms with Gasteiger partial charge in [-0.15, -0.1) is 0 Å². The first-order valence-electron chi connectivity index (χ1n) is 12.7. The van der Waals surface area contributed by atoms with Gasteiger partial charge in [0.15, 0.2) is 6.10 Å². The molecule has 2 aliphatic rings. The number of benzene rings is 3. The summed E-state index contributed by atoms with van der Waals surface area (Å²) in [5.41, 5.74) is 7.37. The number of rotatable bonds is 7. The van der Waals surface area contributed by atoms with Gasteiger partial charge in [-0.2, -0.15) is 0 Å². The summed E-state index contributed by atoms with van der Waals surface area (Å²) in [6, 6.07) is 20.1. The minimum atomic E-state index is -0.358. The SMILES string of the molecule is CC(=O)O[C@@H]1COc2cc(N[C@@H]3COc4c(-c5c(C)cc(OCc6ccco6)cc5C)cccc43)ccc21. The zero-order chi connectivity index (χ0) is 26.2. The van der Waals surface area contributed by atoms with E-state index in [0.29, 0.717) is 19.8 Å². The predicted octanol–water partition coefficient (Wildman–Crippen LogP) is 6.68. The second kappa shape index (κ2) is 9.82. The van der Waals surface area contributed by atoms with Crippen molar-refractivity contribution < 1.29 is 28.2 Å². The van der Waals surface area contributed by atoms with Crippen molar-refractivity contribution in [1.82, 2.24) is 0 Å². The lowest BCUT2D eigenvalue weighted by molar-refractivity contribution is -0.147. The Bertz CT molecular complexity index is 1470. The van der Waals surface area contributed by atoms with E-state index >= 15 is 0 Å². The molecule has 194 valence electrons. The third kappa shape index (κ3) is 4.56. The van der Waals surface area contributed by atoms with Crippen LogP contribution in [0.4, 0.5) is 5.69 Å². The molecule has 3 aromatic carbocycles. The molecule has 4 aromatic rings. The molecule has 0 radical (unpaired) electrons. The van der Waals surface area contributed by atoms with Gasteiger partial charge in [0.25, 0.3) is 0 Å². The van der Waals surface area contributed by atoms with Crippen LogP contribution in [0.2, 0.25) is 0 Å². The van der Waals surface area contributed by atoms with Crippen molar-refractivity contribution in [1.29, 1.82) is 0 Å². The fourth-order valence-corrected chi connectivity index (χ4v) is 5.31. The van der Waals surface area contributed by atoms with E-state index in [1.165, 1.54) is 6.92 Å². The van der Waals surface area contributed by atoms with Crippen LogP contribution in [0, 0.1) is 13.8 Å². The van der Waals surface area contributed by atoms with Crippen LogP contribution < -0.4 is 19.5 Å². The van der Waals surface area contributed by atoms with E-state index in [-0.39, 0.29) is 18.1 Å². The third-order valence-electron chi connectivity index (χ3n) is 6.95. The molecule has 0 fully saturated rings. The minimum Gasteiger partial charge on any atom is -0.490 e. The summed E-state index contributed by atoms with van der Waals surface area (Å²) in [6.07, 6.45) is 1.29. The van der Waals surface area contributed by atoms with Crippen molar-refractivity contribution in [2.24, 2.45) is 0 Å². The quantitative estimate of drug-likeness (QED) is 0.277. The minimum absolute atomic E-state index is 0.00909. The summed E-state index contributed by atoms with van der Waals surface area (Å²) in [7, 11) is 0. The number of furan rings is 1. The van der Waals surface area contributed by atoms with Gasteiger partial charge in [-0.25, -0.2) is 0 Å². The van der Waals surface area contributed by atoms with Crippen molar-refractivity contribution in [3.05, 3.63) is 94.9 Å². The Balaban J connectivity index is 1.22. The van der Waals surface area contributed by atoms with Crippen LogP contribution in [-0.4, -0.2) is 19.2 Å². The second-order valence-corrected chi connectivity index (χ2v) is 9.69. The zero-order valence-corrected chi connectivity index (χ0v) is 21.6. The van der Waals surface area contributed by atoms with E-state index in [0.717, 1.165) is 62.1 Å². The van der Waals surface area contributed by atoms with Gasteiger partial charge in [0.2, 0.25) is 0 Å². The number of carbonyl (C=O) groups excluding carboxylic acids is 1. The van der Waals surface area contributed by atoms with Crippen molar-refractivity contribution >= 4 is 11.7 Å². The van der Waals surface area contributed by atoms with Crippen molar-refractivity contribution in [2.45, 2.75) is 39.5 Å². The Morgan fingerprint density at radius 1 is 0.974 bits per heavy atom. The Hall–Kier alpha value is -4.39. The van der Waals surface area contributed by atoms with Gasteiger partial charge >= 0.3 is 5.97 Å². The molecule has 0 saturated heterocycles. The summed E-state index contributed by atoms with van der Waals surface area (Å²) in [6.45, 7) is 6.85. The number of hydrogen-bond acceptors (Lipinski definition) is 7. The Morgan fingerprint density at radius 3 is 2.58 bits per heavy atom. The van der Waals surface area contributed by atoms with E-state index < -0.39 is 0 Å². The van der Waals surface area contributed by atoms with Crippen molar-refractivity contribution in [3.8, 4) is 28.4 Å². The monoisotopic (exact) mass is 511 g/mol. The number of para-hydroxylation sites is 1. The summed E-state index contributed by atoms with van der Waals surface area (Å²) in [5.74, 6) is 2.91. The van der Waals surface area contributed by atoms with E-state index in [1.54, 1.807) is 6.26 Å². The van der Waals surface area contributed by atoms with Gasteiger partial charge in [-0.05, 0) is 66.9 Å². The number of carbonyl (C=O) groups is 1. The first-order valence-corrected chi connectivity index (χ1v) is 12.7. The topological polar surface area (TPSA) is 79.2 Å². The Morgan fingerprint density at radius 2 is 1.82 bits per heavy atom. The zero-order valence-electron chi connectivity index (χ0n) is 21.6. The van der Waals surface area contributed by atoms with Gasteiger partial charge in [-0.1, -0.05) is 18.2 Å². The standard InChI is InChI=1S/C31H29NO6/c1-18-12-23(35-15-22-6-5-11-34-22)13-19(2)30(18)26-8-4-7-24-27(16-37-31(24)26)32-21-9-10-25-28(14-21)36-17-29(25)38-20(3)33/h4-14,27,29,32H,15-17H2,1-3H3/t27-,29-/m1/s1. The molecule has 2 atom stereocenters.